The van der Waals surface area contributed by atoms with Crippen molar-refractivity contribution in [1.82, 2.24) is 9.80 Å². The van der Waals surface area contributed by atoms with E-state index in [9.17, 15) is 9.59 Å². The second-order valence-corrected chi connectivity index (χ2v) is 13.4. The van der Waals surface area contributed by atoms with Gasteiger partial charge in [0, 0.05) is 35.5 Å². The zero-order valence-electron chi connectivity index (χ0n) is 27.9. The number of carbonyl (C=O) groups excluding carboxylic acids is 2. The Hall–Kier alpha value is -4.08. The minimum absolute atomic E-state index is 0.204. The number of hydrogen-bond acceptors (Lipinski definition) is 8. The van der Waals surface area contributed by atoms with Gasteiger partial charge >= 0.3 is 5.97 Å². The number of benzene rings is 3. The molecule has 2 aliphatic heterocycles. The summed E-state index contributed by atoms with van der Waals surface area (Å²) in [5.74, 6) is 2.25. The molecule has 1 aromatic heterocycles. The third-order valence-electron chi connectivity index (χ3n) is 8.96. The van der Waals surface area contributed by atoms with Crippen molar-refractivity contribution in [2.45, 2.75) is 51.9 Å². The van der Waals surface area contributed by atoms with E-state index in [2.05, 4.69) is 53.4 Å². The first-order chi connectivity index (χ1) is 23.6. The summed E-state index contributed by atoms with van der Waals surface area (Å²) in [6.07, 6.45) is 5.75. The van der Waals surface area contributed by atoms with Crippen molar-refractivity contribution in [3.63, 3.8) is 0 Å². The molecule has 3 aromatic carbocycles. The maximum atomic E-state index is 11.9. The molecule has 0 aliphatic carbocycles. The molecule has 0 unspecified atom stereocenters. The number of thiophene rings is 1. The zero-order valence-corrected chi connectivity index (χ0v) is 28.7. The standard InChI is InChI=1S/C39H46N2O6S/c1-2-44-38(43)12-8-24-46-35-28-30(15-18-34(35)47-25-22-40-19-5-6-20-40)39-33(32-9-3-4-10-36(32)48-39)27-29-13-16-31(17-14-29)45-26-23-41-21-7-11-37(41)42/h3-4,9-10,13-18,28H,2,5-8,11-12,19-27H2,1H3. The molecule has 9 heteroatoms. The van der Waals surface area contributed by atoms with Crippen molar-refractivity contribution in [3.05, 3.63) is 77.9 Å². The highest BCUT2D eigenvalue weighted by Crippen LogP contribution is 2.42. The summed E-state index contributed by atoms with van der Waals surface area (Å²) in [6, 6.07) is 23.1. The van der Waals surface area contributed by atoms with E-state index < -0.39 is 0 Å². The Labute approximate surface area is 287 Å². The average molecular weight is 671 g/mol. The van der Waals surface area contributed by atoms with Gasteiger partial charge in [-0.15, -0.1) is 11.3 Å². The number of amides is 1. The number of carbonyl (C=O) groups is 2. The lowest BCUT2D eigenvalue weighted by molar-refractivity contribution is -0.143. The van der Waals surface area contributed by atoms with Gasteiger partial charge in [-0.2, -0.15) is 0 Å². The van der Waals surface area contributed by atoms with Crippen LogP contribution in [0.2, 0.25) is 0 Å². The van der Waals surface area contributed by atoms with Gasteiger partial charge in [0.15, 0.2) is 11.5 Å². The first-order valence-corrected chi connectivity index (χ1v) is 18.2. The van der Waals surface area contributed by atoms with Gasteiger partial charge in [-0.3, -0.25) is 14.5 Å². The van der Waals surface area contributed by atoms with Gasteiger partial charge in [-0.05, 0) is 111 Å². The quantitative estimate of drug-likeness (QED) is 0.0859. The number of esters is 1. The molecule has 3 heterocycles. The Morgan fingerprint density at radius 1 is 0.833 bits per heavy atom. The summed E-state index contributed by atoms with van der Waals surface area (Å²) in [4.78, 5) is 29.3. The van der Waals surface area contributed by atoms with E-state index in [1.807, 2.05) is 30.0 Å². The molecular formula is C39H46N2O6S. The molecule has 2 aliphatic rings. The van der Waals surface area contributed by atoms with Crippen LogP contribution in [0, 0.1) is 0 Å². The van der Waals surface area contributed by atoms with Crippen LogP contribution in [0.25, 0.3) is 20.5 Å². The lowest BCUT2D eigenvalue weighted by atomic mass is 9.98. The molecule has 2 fully saturated rings. The van der Waals surface area contributed by atoms with Crippen LogP contribution in [0.3, 0.4) is 0 Å². The second-order valence-electron chi connectivity index (χ2n) is 12.4. The van der Waals surface area contributed by atoms with Gasteiger partial charge in [0.1, 0.15) is 19.0 Å². The normalized spacial score (nSPS) is 14.9. The molecule has 0 bridgehead atoms. The number of likely N-dealkylation sites (tertiary alicyclic amines) is 2. The summed E-state index contributed by atoms with van der Waals surface area (Å²) < 4.78 is 24.9. The van der Waals surface area contributed by atoms with E-state index in [0.29, 0.717) is 58.0 Å². The van der Waals surface area contributed by atoms with Gasteiger partial charge in [0.2, 0.25) is 5.91 Å². The smallest absolute Gasteiger partial charge is 0.305 e. The molecule has 0 atom stereocenters. The Balaban J connectivity index is 1.19. The molecule has 6 rings (SSSR count). The van der Waals surface area contributed by atoms with Crippen molar-refractivity contribution >= 4 is 33.3 Å². The SMILES string of the molecule is CCOC(=O)CCCOc1cc(-c2sc3ccccc3c2Cc2ccc(OCCN3CCCC3=O)cc2)ccc1OCCN1CCCC1. The van der Waals surface area contributed by atoms with Crippen molar-refractivity contribution in [2.75, 3.05) is 59.2 Å². The van der Waals surface area contributed by atoms with Crippen LogP contribution in [0.1, 0.15) is 56.6 Å². The third-order valence-corrected chi connectivity index (χ3v) is 10.2. The Bertz CT molecular complexity index is 1660. The van der Waals surface area contributed by atoms with Crippen LogP contribution < -0.4 is 14.2 Å². The van der Waals surface area contributed by atoms with Gasteiger partial charge in [-0.1, -0.05) is 30.3 Å². The van der Waals surface area contributed by atoms with Crippen LogP contribution in [0.4, 0.5) is 0 Å². The predicted molar refractivity (Wildman–Crippen MR) is 190 cm³/mol. The maximum absolute atomic E-state index is 11.9. The molecule has 0 radical (unpaired) electrons. The van der Waals surface area contributed by atoms with Crippen molar-refractivity contribution < 1.29 is 28.5 Å². The molecule has 48 heavy (non-hydrogen) atoms. The molecule has 2 saturated heterocycles. The van der Waals surface area contributed by atoms with E-state index in [1.54, 1.807) is 11.3 Å². The molecule has 8 nitrogen and oxygen atoms in total. The molecule has 4 aromatic rings. The monoisotopic (exact) mass is 670 g/mol. The fourth-order valence-corrected chi connectivity index (χ4v) is 7.65. The second kappa shape index (κ2) is 16.8. The molecular weight excluding hydrogens is 625 g/mol. The fourth-order valence-electron chi connectivity index (χ4n) is 6.43. The highest BCUT2D eigenvalue weighted by molar-refractivity contribution is 7.22. The van der Waals surface area contributed by atoms with Gasteiger partial charge < -0.3 is 23.8 Å². The predicted octanol–water partition coefficient (Wildman–Crippen LogP) is 7.36. The highest BCUT2D eigenvalue weighted by atomic mass is 32.1. The van der Waals surface area contributed by atoms with Crippen LogP contribution in [-0.2, 0) is 20.7 Å². The minimum Gasteiger partial charge on any atom is -0.492 e. The highest BCUT2D eigenvalue weighted by Gasteiger charge is 2.20. The molecule has 254 valence electrons. The largest absolute Gasteiger partial charge is 0.492 e. The number of hydrogen-bond donors (Lipinski definition) is 0. The van der Waals surface area contributed by atoms with E-state index >= 15 is 0 Å². The summed E-state index contributed by atoms with van der Waals surface area (Å²) >= 11 is 1.79. The third kappa shape index (κ3) is 8.88. The topological polar surface area (TPSA) is 77.5 Å². The Kier molecular flexibility index (Phi) is 11.9. The lowest BCUT2D eigenvalue weighted by Gasteiger charge is -2.18. The molecule has 0 saturated carbocycles. The zero-order chi connectivity index (χ0) is 33.1. The van der Waals surface area contributed by atoms with Crippen molar-refractivity contribution in [2.24, 2.45) is 0 Å². The van der Waals surface area contributed by atoms with Crippen molar-refractivity contribution in [1.29, 1.82) is 0 Å². The fraction of sp³-hybridized carbons (Fsp3) is 0.436. The average Bonchev–Trinajstić information content (AvgIpc) is 3.86. The first-order valence-electron chi connectivity index (χ1n) is 17.4. The lowest BCUT2D eigenvalue weighted by Crippen LogP contribution is -2.29. The van der Waals surface area contributed by atoms with Crippen LogP contribution in [-0.4, -0.2) is 80.8 Å². The van der Waals surface area contributed by atoms with Gasteiger partial charge in [0.05, 0.1) is 19.8 Å². The van der Waals surface area contributed by atoms with Crippen LogP contribution in [0.15, 0.2) is 66.7 Å². The van der Waals surface area contributed by atoms with E-state index in [0.717, 1.165) is 56.1 Å². The summed E-state index contributed by atoms with van der Waals surface area (Å²) in [5, 5.41) is 1.25. The van der Waals surface area contributed by atoms with Crippen LogP contribution >= 0.6 is 11.3 Å². The number of nitrogens with zero attached hydrogens (tertiary/aromatic N) is 2. The summed E-state index contributed by atoms with van der Waals surface area (Å²) in [7, 11) is 0. The molecule has 0 N–H and O–H groups in total. The minimum atomic E-state index is -0.204. The number of fused-ring (bicyclic) bond motifs is 1. The molecule has 1 amide bonds. The molecule has 0 spiro atoms. The first kappa shape index (κ1) is 33.8. The Morgan fingerprint density at radius 2 is 1.62 bits per heavy atom. The maximum Gasteiger partial charge on any atom is 0.305 e. The summed E-state index contributed by atoms with van der Waals surface area (Å²) in [6.45, 7) is 8.31. The van der Waals surface area contributed by atoms with Gasteiger partial charge in [-0.25, -0.2) is 0 Å². The number of rotatable bonds is 17. The van der Waals surface area contributed by atoms with E-state index in [4.69, 9.17) is 18.9 Å². The number of ether oxygens (including phenoxy) is 4. The Morgan fingerprint density at radius 3 is 2.42 bits per heavy atom. The summed E-state index contributed by atoms with van der Waals surface area (Å²) in [5.41, 5.74) is 3.54. The van der Waals surface area contributed by atoms with Crippen LogP contribution in [0.5, 0.6) is 17.2 Å². The van der Waals surface area contributed by atoms with E-state index in [-0.39, 0.29) is 11.9 Å². The van der Waals surface area contributed by atoms with Gasteiger partial charge in [0.25, 0.3) is 0 Å². The van der Waals surface area contributed by atoms with Crippen molar-refractivity contribution in [3.8, 4) is 27.7 Å². The van der Waals surface area contributed by atoms with E-state index in [1.165, 1.54) is 38.9 Å².